The number of nitrogens with zero attached hydrogens (tertiary/aromatic N) is 2. The van der Waals surface area contributed by atoms with Crippen LogP contribution in [0.15, 0.2) is 0 Å². The van der Waals surface area contributed by atoms with Crippen LogP contribution in [-0.4, -0.2) is 49.9 Å². The molecule has 0 aliphatic rings. The van der Waals surface area contributed by atoms with Gasteiger partial charge in [-0.3, -0.25) is 4.79 Å². The van der Waals surface area contributed by atoms with Crippen molar-refractivity contribution in [2.75, 3.05) is 34.2 Å². The van der Waals surface area contributed by atoms with E-state index in [1.807, 2.05) is 39.9 Å². The molecule has 0 N–H and O–H groups in total. The fraction of sp³-hybridized carbons (Fsp3) is 0.900. The molecule has 78 valence electrons. The monoisotopic (exact) mass is 186 g/mol. The van der Waals surface area contributed by atoms with Crippen LogP contribution in [0.1, 0.15) is 20.3 Å². The molecular formula is C10H22N2O. The average molecular weight is 186 g/mol. The molecule has 0 spiro atoms. The van der Waals surface area contributed by atoms with E-state index < -0.39 is 0 Å². The maximum Gasteiger partial charge on any atom is 0.225 e. The van der Waals surface area contributed by atoms with Gasteiger partial charge in [-0.2, -0.15) is 0 Å². The second-order valence-corrected chi connectivity index (χ2v) is 3.87. The number of rotatable bonds is 5. The summed E-state index contributed by atoms with van der Waals surface area (Å²) in [7, 11) is 5.90. The molecule has 1 atom stereocenters. The lowest BCUT2D eigenvalue weighted by Crippen LogP contribution is -2.36. The fourth-order valence-corrected chi connectivity index (χ4v) is 1.01. The third-order valence-electron chi connectivity index (χ3n) is 2.29. The van der Waals surface area contributed by atoms with Gasteiger partial charge in [-0.15, -0.1) is 0 Å². The molecule has 0 rings (SSSR count). The van der Waals surface area contributed by atoms with Gasteiger partial charge >= 0.3 is 0 Å². The predicted molar refractivity (Wildman–Crippen MR) is 55.6 cm³/mol. The quantitative estimate of drug-likeness (QED) is 0.641. The summed E-state index contributed by atoms with van der Waals surface area (Å²) in [5, 5.41) is 0. The maximum atomic E-state index is 11.6. The summed E-state index contributed by atoms with van der Waals surface area (Å²) < 4.78 is 0. The van der Waals surface area contributed by atoms with Crippen LogP contribution >= 0.6 is 0 Å². The lowest BCUT2D eigenvalue weighted by molar-refractivity contribution is -0.133. The number of amides is 1. The molecule has 0 aliphatic heterocycles. The van der Waals surface area contributed by atoms with Crippen LogP contribution in [0.25, 0.3) is 0 Å². The van der Waals surface area contributed by atoms with E-state index in [0.717, 1.165) is 19.5 Å². The number of likely N-dealkylation sites (N-methyl/N-ethyl adjacent to an activating group) is 2. The van der Waals surface area contributed by atoms with E-state index in [4.69, 9.17) is 0 Å². The molecule has 3 nitrogen and oxygen atoms in total. The third-order valence-corrected chi connectivity index (χ3v) is 2.29. The van der Waals surface area contributed by atoms with E-state index in [-0.39, 0.29) is 11.8 Å². The minimum Gasteiger partial charge on any atom is -0.344 e. The standard InChI is InChI=1S/C10H22N2O/c1-6-9(2)10(13)12(5)8-7-11(3)4/h9H,6-8H2,1-5H3. The molecule has 1 amide bonds. The molecule has 0 saturated carbocycles. The van der Waals surface area contributed by atoms with Crippen molar-refractivity contribution in [2.24, 2.45) is 5.92 Å². The summed E-state index contributed by atoms with van der Waals surface area (Å²) in [4.78, 5) is 15.5. The number of hydrogen-bond acceptors (Lipinski definition) is 2. The number of hydrogen-bond donors (Lipinski definition) is 0. The fourth-order valence-electron chi connectivity index (χ4n) is 1.01. The van der Waals surface area contributed by atoms with Crippen molar-refractivity contribution in [2.45, 2.75) is 20.3 Å². The molecule has 0 aromatic carbocycles. The molecule has 0 radical (unpaired) electrons. The zero-order valence-corrected chi connectivity index (χ0v) is 9.50. The van der Waals surface area contributed by atoms with Crippen LogP contribution in [0.2, 0.25) is 0 Å². The Balaban J connectivity index is 3.82. The van der Waals surface area contributed by atoms with Crippen molar-refractivity contribution in [3.05, 3.63) is 0 Å². The Morgan fingerprint density at radius 2 is 1.77 bits per heavy atom. The molecule has 0 heterocycles. The Morgan fingerprint density at radius 1 is 1.23 bits per heavy atom. The van der Waals surface area contributed by atoms with E-state index in [1.165, 1.54) is 0 Å². The van der Waals surface area contributed by atoms with Crippen LogP contribution in [0, 0.1) is 5.92 Å². The van der Waals surface area contributed by atoms with Crippen LogP contribution in [-0.2, 0) is 4.79 Å². The van der Waals surface area contributed by atoms with Crippen molar-refractivity contribution < 1.29 is 4.79 Å². The van der Waals surface area contributed by atoms with Gasteiger partial charge < -0.3 is 9.80 Å². The minimum absolute atomic E-state index is 0.159. The van der Waals surface area contributed by atoms with Gasteiger partial charge in [0.1, 0.15) is 0 Å². The molecule has 3 heteroatoms. The van der Waals surface area contributed by atoms with Crippen LogP contribution in [0.5, 0.6) is 0 Å². The van der Waals surface area contributed by atoms with Crippen molar-refractivity contribution in [1.82, 2.24) is 9.80 Å². The molecule has 0 bridgehead atoms. The van der Waals surface area contributed by atoms with Gasteiger partial charge in [0.2, 0.25) is 5.91 Å². The SMILES string of the molecule is CCC(C)C(=O)N(C)CCN(C)C. The zero-order valence-electron chi connectivity index (χ0n) is 9.50. The van der Waals surface area contributed by atoms with Crippen molar-refractivity contribution in [3.63, 3.8) is 0 Å². The van der Waals surface area contributed by atoms with E-state index in [1.54, 1.807) is 0 Å². The lowest BCUT2D eigenvalue weighted by atomic mass is 10.1. The van der Waals surface area contributed by atoms with Crippen molar-refractivity contribution >= 4 is 5.91 Å². The van der Waals surface area contributed by atoms with Gasteiger partial charge in [0, 0.05) is 26.1 Å². The molecule has 0 aromatic heterocycles. The first-order valence-corrected chi connectivity index (χ1v) is 4.88. The van der Waals surface area contributed by atoms with Gasteiger partial charge in [0.25, 0.3) is 0 Å². The summed E-state index contributed by atoms with van der Waals surface area (Å²) in [5.41, 5.74) is 0. The molecule has 0 saturated heterocycles. The minimum atomic E-state index is 0.159. The highest BCUT2D eigenvalue weighted by Crippen LogP contribution is 2.04. The smallest absolute Gasteiger partial charge is 0.225 e. The first kappa shape index (κ1) is 12.4. The Kier molecular flexibility index (Phi) is 5.71. The van der Waals surface area contributed by atoms with Gasteiger partial charge in [-0.1, -0.05) is 13.8 Å². The molecule has 0 aromatic rings. The van der Waals surface area contributed by atoms with E-state index in [9.17, 15) is 4.79 Å². The Bertz CT molecular complexity index is 157. The first-order chi connectivity index (χ1) is 5.99. The summed E-state index contributed by atoms with van der Waals surface area (Å²) in [6.07, 6.45) is 0.922. The topological polar surface area (TPSA) is 23.6 Å². The van der Waals surface area contributed by atoms with E-state index >= 15 is 0 Å². The van der Waals surface area contributed by atoms with Gasteiger partial charge in [-0.05, 0) is 20.5 Å². The highest BCUT2D eigenvalue weighted by Gasteiger charge is 2.14. The largest absolute Gasteiger partial charge is 0.344 e. The van der Waals surface area contributed by atoms with Gasteiger partial charge in [0.05, 0.1) is 0 Å². The van der Waals surface area contributed by atoms with Crippen LogP contribution in [0.4, 0.5) is 0 Å². The van der Waals surface area contributed by atoms with Crippen molar-refractivity contribution in [3.8, 4) is 0 Å². The normalized spacial score (nSPS) is 13.1. The van der Waals surface area contributed by atoms with Crippen molar-refractivity contribution in [1.29, 1.82) is 0 Å². The predicted octanol–water partition coefficient (Wildman–Crippen LogP) is 1.05. The maximum absolute atomic E-state index is 11.6. The molecule has 0 fully saturated rings. The Labute approximate surface area is 81.7 Å². The molecule has 1 unspecified atom stereocenters. The number of carbonyl (C=O) groups excluding carboxylic acids is 1. The number of carbonyl (C=O) groups is 1. The Hall–Kier alpha value is -0.570. The molecular weight excluding hydrogens is 164 g/mol. The van der Waals surface area contributed by atoms with Crippen LogP contribution in [0.3, 0.4) is 0 Å². The average Bonchev–Trinajstić information content (AvgIpc) is 2.11. The second-order valence-electron chi connectivity index (χ2n) is 3.87. The summed E-state index contributed by atoms with van der Waals surface area (Å²) in [6, 6.07) is 0. The third kappa shape index (κ3) is 4.88. The Morgan fingerprint density at radius 3 is 2.15 bits per heavy atom. The van der Waals surface area contributed by atoms with Gasteiger partial charge in [-0.25, -0.2) is 0 Å². The summed E-state index contributed by atoms with van der Waals surface area (Å²) in [6.45, 7) is 5.77. The second kappa shape index (κ2) is 5.97. The summed E-state index contributed by atoms with van der Waals surface area (Å²) >= 11 is 0. The molecule has 13 heavy (non-hydrogen) atoms. The first-order valence-electron chi connectivity index (χ1n) is 4.88. The summed E-state index contributed by atoms with van der Waals surface area (Å²) in [5.74, 6) is 0.413. The van der Waals surface area contributed by atoms with Gasteiger partial charge in [0.15, 0.2) is 0 Å². The van der Waals surface area contributed by atoms with E-state index in [2.05, 4.69) is 4.90 Å². The molecule has 0 aliphatic carbocycles. The van der Waals surface area contributed by atoms with E-state index in [0.29, 0.717) is 0 Å². The highest BCUT2D eigenvalue weighted by atomic mass is 16.2. The lowest BCUT2D eigenvalue weighted by Gasteiger charge is -2.22. The van der Waals surface area contributed by atoms with Crippen LogP contribution < -0.4 is 0 Å². The zero-order chi connectivity index (χ0) is 10.4. The highest BCUT2D eigenvalue weighted by molar-refractivity contribution is 5.78.